The molecule has 0 saturated carbocycles. The third-order valence-corrected chi connectivity index (χ3v) is 4.02. The molecular weight excluding hydrogens is 304 g/mol. The number of amides is 1. The molecule has 0 radical (unpaired) electrons. The van der Waals surface area contributed by atoms with Gasteiger partial charge < -0.3 is 15.2 Å². The van der Waals surface area contributed by atoms with Crippen molar-refractivity contribution >= 4 is 5.91 Å². The summed E-state index contributed by atoms with van der Waals surface area (Å²) in [5.41, 5.74) is 2.62. The number of para-hydroxylation sites is 1. The predicted octanol–water partition coefficient (Wildman–Crippen LogP) is 1.56. The number of nitrogens with one attached hydrogen (secondary N) is 1. The van der Waals surface area contributed by atoms with Crippen LogP contribution in [-0.2, 0) is 17.9 Å². The molecule has 1 heterocycles. The zero-order valence-electron chi connectivity index (χ0n) is 13.5. The maximum absolute atomic E-state index is 11.8. The van der Waals surface area contributed by atoms with Crippen molar-refractivity contribution in [3.63, 3.8) is 0 Å². The number of nitrogens with zero attached hydrogens (tertiary/aromatic N) is 1. The first kappa shape index (κ1) is 16.5. The van der Waals surface area contributed by atoms with Crippen molar-refractivity contribution in [1.29, 1.82) is 0 Å². The summed E-state index contributed by atoms with van der Waals surface area (Å²) >= 11 is 0. The molecule has 126 valence electrons. The summed E-state index contributed by atoms with van der Waals surface area (Å²) < 4.78 is 5.37. The number of hydrogen-bond donors (Lipinski definition) is 2. The normalized spacial score (nSPS) is 14.9. The standard InChI is InChI=1S/C19H22N2O3/c22-17(13-21-11-15-6-4-5-7-16(15)12-21)10-20-19(23)14-24-18-8-2-1-3-9-18/h1-9,17,22H,10-14H2,(H,20,23)/t17-/m0/s1. The summed E-state index contributed by atoms with van der Waals surface area (Å²) in [4.78, 5) is 14.0. The van der Waals surface area contributed by atoms with Crippen LogP contribution in [0.2, 0.25) is 0 Å². The highest BCUT2D eigenvalue weighted by Gasteiger charge is 2.20. The lowest BCUT2D eigenvalue weighted by atomic mass is 10.1. The molecule has 1 aliphatic rings. The number of carbonyl (C=O) groups is 1. The maximum Gasteiger partial charge on any atom is 0.258 e. The molecule has 0 saturated heterocycles. The molecule has 2 aromatic carbocycles. The quantitative estimate of drug-likeness (QED) is 0.811. The lowest BCUT2D eigenvalue weighted by Gasteiger charge is -2.19. The van der Waals surface area contributed by atoms with Crippen LogP contribution in [0.4, 0.5) is 0 Å². The van der Waals surface area contributed by atoms with Gasteiger partial charge >= 0.3 is 0 Å². The summed E-state index contributed by atoms with van der Waals surface area (Å²) in [6.07, 6.45) is -0.597. The van der Waals surface area contributed by atoms with E-state index in [0.717, 1.165) is 13.1 Å². The highest BCUT2D eigenvalue weighted by molar-refractivity contribution is 5.77. The minimum Gasteiger partial charge on any atom is -0.484 e. The molecule has 2 N–H and O–H groups in total. The van der Waals surface area contributed by atoms with E-state index < -0.39 is 6.10 Å². The Labute approximate surface area is 141 Å². The smallest absolute Gasteiger partial charge is 0.258 e. The van der Waals surface area contributed by atoms with Crippen molar-refractivity contribution in [2.24, 2.45) is 0 Å². The van der Waals surface area contributed by atoms with Crippen molar-refractivity contribution in [2.75, 3.05) is 19.7 Å². The molecule has 0 aliphatic carbocycles. The van der Waals surface area contributed by atoms with E-state index in [0.29, 0.717) is 12.3 Å². The number of β-amino-alcohol motifs (C(OH)–C–C–N with tert-alkyl or cyclic N) is 1. The summed E-state index contributed by atoms with van der Waals surface area (Å²) in [7, 11) is 0. The van der Waals surface area contributed by atoms with Crippen LogP contribution in [0, 0.1) is 0 Å². The summed E-state index contributed by atoms with van der Waals surface area (Å²) in [6.45, 7) is 2.40. The molecular formula is C19H22N2O3. The molecule has 0 fully saturated rings. The van der Waals surface area contributed by atoms with Crippen LogP contribution in [0.5, 0.6) is 5.75 Å². The number of fused-ring (bicyclic) bond motifs is 1. The molecule has 0 bridgehead atoms. The molecule has 1 aliphatic heterocycles. The van der Waals surface area contributed by atoms with Crippen LogP contribution in [0.15, 0.2) is 54.6 Å². The van der Waals surface area contributed by atoms with Crippen LogP contribution in [0.25, 0.3) is 0 Å². The Morgan fingerprint density at radius 2 is 1.71 bits per heavy atom. The molecule has 0 unspecified atom stereocenters. The largest absolute Gasteiger partial charge is 0.484 e. The fourth-order valence-corrected chi connectivity index (χ4v) is 2.84. The Morgan fingerprint density at radius 3 is 2.38 bits per heavy atom. The topological polar surface area (TPSA) is 61.8 Å². The van der Waals surface area contributed by atoms with Crippen LogP contribution in [0.3, 0.4) is 0 Å². The van der Waals surface area contributed by atoms with Crippen molar-refractivity contribution < 1.29 is 14.6 Å². The van der Waals surface area contributed by atoms with Gasteiger partial charge in [-0.05, 0) is 23.3 Å². The van der Waals surface area contributed by atoms with Gasteiger partial charge in [-0.1, -0.05) is 42.5 Å². The molecule has 0 spiro atoms. The summed E-state index contributed by atoms with van der Waals surface area (Å²) in [5.74, 6) is 0.422. The zero-order chi connectivity index (χ0) is 16.8. The Kier molecular flexibility index (Phi) is 5.46. The number of rotatable bonds is 7. The lowest BCUT2D eigenvalue weighted by Crippen LogP contribution is -2.40. The molecule has 3 rings (SSSR count). The second-order valence-corrected chi connectivity index (χ2v) is 6.00. The lowest BCUT2D eigenvalue weighted by molar-refractivity contribution is -0.123. The Morgan fingerprint density at radius 1 is 1.08 bits per heavy atom. The first-order valence-corrected chi connectivity index (χ1v) is 8.12. The first-order valence-electron chi connectivity index (χ1n) is 8.12. The second kappa shape index (κ2) is 7.95. The van der Waals surface area contributed by atoms with Gasteiger partial charge in [0, 0.05) is 26.2 Å². The molecule has 0 aromatic heterocycles. The highest BCUT2D eigenvalue weighted by atomic mass is 16.5. The molecule has 1 amide bonds. The fourth-order valence-electron chi connectivity index (χ4n) is 2.84. The average molecular weight is 326 g/mol. The van der Waals surface area contributed by atoms with Gasteiger partial charge in [-0.15, -0.1) is 0 Å². The number of aliphatic hydroxyl groups is 1. The van der Waals surface area contributed by atoms with Gasteiger partial charge in [0.15, 0.2) is 6.61 Å². The van der Waals surface area contributed by atoms with Crippen LogP contribution in [-0.4, -0.2) is 41.7 Å². The highest BCUT2D eigenvalue weighted by Crippen LogP contribution is 2.21. The van der Waals surface area contributed by atoms with Crippen molar-refractivity contribution in [2.45, 2.75) is 19.2 Å². The van der Waals surface area contributed by atoms with Gasteiger partial charge in [0.05, 0.1) is 6.10 Å². The van der Waals surface area contributed by atoms with E-state index >= 15 is 0 Å². The minimum atomic E-state index is -0.597. The summed E-state index contributed by atoms with van der Waals surface area (Å²) in [5, 5.41) is 12.8. The molecule has 5 nitrogen and oxygen atoms in total. The molecule has 1 atom stereocenters. The number of ether oxygens (including phenoxy) is 1. The van der Waals surface area contributed by atoms with Gasteiger partial charge in [0.1, 0.15) is 5.75 Å². The van der Waals surface area contributed by atoms with E-state index in [1.54, 1.807) is 12.1 Å². The molecule has 2 aromatic rings. The van der Waals surface area contributed by atoms with E-state index in [1.807, 2.05) is 30.3 Å². The van der Waals surface area contributed by atoms with E-state index in [4.69, 9.17) is 4.74 Å². The Hall–Kier alpha value is -2.37. The minimum absolute atomic E-state index is 0.0497. The Balaban J connectivity index is 1.35. The van der Waals surface area contributed by atoms with E-state index in [9.17, 15) is 9.90 Å². The second-order valence-electron chi connectivity index (χ2n) is 6.00. The third kappa shape index (κ3) is 4.57. The average Bonchev–Trinajstić information content (AvgIpc) is 3.01. The van der Waals surface area contributed by atoms with E-state index in [2.05, 4.69) is 22.3 Å². The van der Waals surface area contributed by atoms with E-state index in [1.165, 1.54) is 11.1 Å². The van der Waals surface area contributed by atoms with Gasteiger partial charge in [-0.25, -0.2) is 0 Å². The first-order chi connectivity index (χ1) is 11.7. The van der Waals surface area contributed by atoms with Gasteiger partial charge in [0.2, 0.25) is 0 Å². The number of aliphatic hydroxyl groups excluding tert-OH is 1. The van der Waals surface area contributed by atoms with E-state index in [-0.39, 0.29) is 19.1 Å². The van der Waals surface area contributed by atoms with Crippen molar-refractivity contribution in [3.05, 3.63) is 65.7 Å². The van der Waals surface area contributed by atoms with Gasteiger partial charge in [-0.3, -0.25) is 9.69 Å². The monoisotopic (exact) mass is 326 g/mol. The predicted molar refractivity (Wildman–Crippen MR) is 91.5 cm³/mol. The summed E-state index contributed by atoms with van der Waals surface area (Å²) in [6, 6.07) is 17.5. The SMILES string of the molecule is O=C(COc1ccccc1)NC[C@H](O)CN1Cc2ccccc2C1. The maximum atomic E-state index is 11.8. The Bertz CT molecular complexity index is 650. The third-order valence-electron chi connectivity index (χ3n) is 4.02. The van der Waals surface area contributed by atoms with Crippen molar-refractivity contribution in [1.82, 2.24) is 10.2 Å². The fraction of sp³-hybridized carbons (Fsp3) is 0.316. The van der Waals surface area contributed by atoms with Gasteiger partial charge in [-0.2, -0.15) is 0 Å². The van der Waals surface area contributed by atoms with Crippen LogP contribution in [0.1, 0.15) is 11.1 Å². The van der Waals surface area contributed by atoms with Gasteiger partial charge in [0.25, 0.3) is 5.91 Å². The number of benzene rings is 2. The molecule has 24 heavy (non-hydrogen) atoms. The zero-order valence-corrected chi connectivity index (χ0v) is 13.5. The number of carbonyl (C=O) groups excluding carboxylic acids is 1. The van der Waals surface area contributed by atoms with Crippen LogP contribution < -0.4 is 10.1 Å². The number of hydrogen-bond acceptors (Lipinski definition) is 4. The van der Waals surface area contributed by atoms with Crippen molar-refractivity contribution in [3.8, 4) is 5.75 Å². The van der Waals surface area contributed by atoms with Crippen LogP contribution >= 0.6 is 0 Å². The molecule has 5 heteroatoms.